The number of hydrogen-bond donors (Lipinski definition) is 1. The van der Waals surface area contributed by atoms with Gasteiger partial charge in [-0.05, 0) is 43.3 Å². The normalized spacial score (nSPS) is 11.6. The molecule has 122 valence electrons. The summed E-state index contributed by atoms with van der Waals surface area (Å²) in [6.45, 7) is 2.23. The zero-order chi connectivity index (χ0) is 16.7. The van der Waals surface area contributed by atoms with Gasteiger partial charge in [0.2, 0.25) is 0 Å². The monoisotopic (exact) mass is 337 g/mol. The number of hydrogen-bond acceptors (Lipinski definition) is 3. The van der Waals surface area contributed by atoms with Gasteiger partial charge in [0.05, 0.1) is 11.6 Å². The summed E-state index contributed by atoms with van der Waals surface area (Å²) in [7, 11) is 0. The molecular weight excluding hydrogens is 321 g/mol. The number of benzene rings is 2. The highest BCUT2D eigenvalue weighted by Gasteiger charge is 2.14. The van der Waals surface area contributed by atoms with Gasteiger partial charge in [-0.3, -0.25) is 4.79 Å². The molecule has 0 spiro atoms. The summed E-state index contributed by atoms with van der Waals surface area (Å²) >= 11 is 5.96. The van der Waals surface area contributed by atoms with E-state index >= 15 is 0 Å². The molecule has 0 radical (unpaired) electrons. The second-order valence-corrected chi connectivity index (χ2v) is 5.19. The van der Waals surface area contributed by atoms with Crippen molar-refractivity contribution in [3.05, 3.63) is 59.4 Å². The number of nitrogens with one attached hydrogen (secondary N) is 1. The molecule has 0 aromatic heterocycles. The van der Waals surface area contributed by atoms with E-state index in [-0.39, 0.29) is 11.7 Å². The van der Waals surface area contributed by atoms with E-state index in [9.17, 15) is 9.18 Å². The number of carbonyl (C=O) groups is 1. The van der Waals surface area contributed by atoms with E-state index < -0.39 is 6.10 Å². The Bertz CT molecular complexity index is 649. The lowest BCUT2D eigenvalue weighted by molar-refractivity contribution is -0.127. The molecule has 0 aliphatic carbocycles. The van der Waals surface area contributed by atoms with Crippen LogP contribution in [0.3, 0.4) is 0 Å². The molecule has 4 nitrogen and oxygen atoms in total. The Morgan fingerprint density at radius 2 is 1.91 bits per heavy atom. The quantitative estimate of drug-likeness (QED) is 0.787. The second-order valence-electron chi connectivity index (χ2n) is 4.78. The van der Waals surface area contributed by atoms with E-state index in [1.807, 2.05) is 12.1 Å². The molecule has 0 saturated carbocycles. The predicted molar refractivity (Wildman–Crippen MR) is 86.4 cm³/mol. The van der Waals surface area contributed by atoms with Crippen LogP contribution in [0.2, 0.25) is 5.02 Å². The van der Waals surface area contributed by atoms with E-state index in [0.29, 0.717) is 29.7 Å². The Balaban J connectivity index is 1.72. The third-order valence-corrected chi connectivity index (χ3v) is 3.30. The molecule has 23 heavy (non-hydrogen) atoms. The molecule has 1 amide bonds. The highest BCUT2D eigenvalue weighted by Crippen LogP contribution is 2.22. The van der Waals surface area contributed by atoms with Crippen LogP contribution in [0, 0.1) is 5.82 Å². The summed E-state index contributed by atoms with van der Waals surface area (Å²) in [5.74, 6) is 0.364. The average Bonchev–Trinajstić information content (AvgIpc) is 2.55. The molecule has 2 aromatic carbocycles. The summed E-state index contributed by atoms with van der Waals surface area (Å²) in [6, 6.07) is 12.6. The SMILES string of the molecule is CC(Oc1ccc(F)cc1)C(=O)NCCOc1ccccc1Cl. The zero-order valence-electron chi connectivity index (χ0n) is 12.6. The Kier molecular flexibility index (Phi) is 6.23. The lowest BCUT2D eigenvalue weighted by Gasteiger charge is -2.15. The van der Waals surface area contributed by atoms with Crippen LogP contribution >= 0.6 is 11.6 Å². The molecule has 0 heterocycles. The third kappa shape index (κ3) is 5.45. The van der Waals surface area contributed by atoms with Crippen LogP contribution in [0.5, 0.6) is 11.5 Å². The number of halogens is 2. The van der Waals surface area contributed by atoms with Crippen LogP contribution in [0.1, 0.15) is 6.92 Å². The maximum Gasteiger partial charge on any atom is 0.260 e. The first kappa shape index (κ1) is 17.1. The van der Waals surface area contributed by atoms with Crippen LogP contribution in [0.15, 0.2) is 48.5 Å². The van der Waals surface area contributed by atoms with E-state index in [0.717, 1.165) is 0 Å². The first-order valence-electron chi connectivity index (χ1n) is 7.13. The minimum absolute atomic E-state index is 0.280. The average molecular weight is 338 g/mol. The van der Waals surface area contributed by atoms with Crippen molar-refractivity contribution in [3.63, 3.8) is 0 Å². The van der Waals surface area contributed by atoms with Crippen LogP contribution in [0.25, 0.3) is 0 Å². The molecule has 0 aliphatic rings. The van der Waals surface area contributed by atoms with Gasteiger partial charge >= 0.3 is 0 Å². The summed E-state index contributed by atoms with van der Waals surface area (Å²) < 4.78 is 23.7. The van der Waals surface area contributed by atoms with Crippen molar-refractivity contribution in [2.45, 2.75) is 13.0 Å². The lowest BCUT2D eigenvalue weighted by atomic mass is 10.3. The number of rotatable bonds is 7. The zero-order valence-corrected chi connectivity index (χ0v) is 13.3. The predicted octanol–water partition coefficient (Wildman–Crippen LogP) is 3.44. The molecule has 0 aliphatic heterocycles. The molecule has 1 atom stereocenters. The molecule has 2 aromatic rings. The van der Waals surface area contributed by atoms with Gasteiger partial charge in [-0.15, -0.1) is 0 Å². The fraction of sp³-hybridized carbons (Fsp3) is 0.235. The first-order chi connectivity index (χ1) is 11.1. The Hall–Kier alpha value is -2.27. The van der Waals surface area contributed by atoms with Crippen molar-refractivity contribution < 1.29 is 18.7 Å². The summed E-state index contributed by atoms with van der Waals surface area (Å²) in [6.07, 6.45) is -0.694. The molecule has 0 saturated heterocycles. The van der Waals surface area contributed by atoms with E-state index in [1.54, 1.807) is 19.1 Å². The summed E-state index contributed by atoms with van der Waals surface area (Å²) in [5.41, 5.74) is 0. The summed E-state index contributed by atoms with van der Waals surface area (Å²) in [4.78, 5) is 11.9. The second kappa shape index (κ2) is 8.39. The van der Waals surface area contributed by atoms with Crippen LogP contribution in [-0.2, 0) is 4.79 Å². The summed E-state index contributed by atoms with van der Waals surface area (Å²) in [5, 5.41) is 3.22. The Morgan fingerprint density at radius 3 is 2.61 bits per heavy atom. The van der Waals surface area contributed by atoms with Gasteiger partial charge in [-0.1, -0.05) is 23.7 Å². The number of para-hydroxylation sites is 1. The van der Waals surface area contributed by atoms with E-state index in [1.165, 1.54) is 24.3 Å². The maximum absolute atomic E-state index is 12.8. The highest BCUT2D eigenvalue weighted by atomic mass is 35.5. The lowest BCUT2D eigenvalue weighted by Crippen LogP contribution is -2.38. The van der Waals surface area contributed by atoms with Gasteiger partial charge in [0.25, 0.3) is 5.91 Å². The molecule has 2 rings (SSSR count). The molecule has 0 fully saturated rings. The van der Waals surface area contributed by atoms with Crippen molar-refractivity contribution in [3.8, 4) is 11.5 Å². The topological polar surface area (TPSA) is 47.6 Å². The third-order valence-electron chi connectivity index (χ3n) is 2.99. The molecule has 1 N–H and O–H groups in total. The number of carbonyl (C=O) groups excluding carboxylic acids is 1. The standard InChI is InChI=1S/C17H17ClFNO3/c1-12(23-14-8-6-13(19)7-9-14)17(21)20-10-11-22-16-5-3-2-4-15(16)18/h2-9,12H,10-11H2,1H3,(H,20,21). The van der Waals surface area contributed by atoms with Gasteiger partial charge in [0.15, 0.2) is 6.10 Å². The smallest absolute Gasteiger partial charge is 0.260 e. The van der Waals surface area contributed by atoms with Crippen molar-refractivity contribution >= 4 is 17.5 Å². The largest absolute Gasteiger partial charge is 0.490 e. The van der Waals surface area contributed by atoms with Crippen molar-refractivity contribution in [1.82, 2.24) is 5.32 Å². The Labute approximate surface area is 139 Å². The van der Waals surface area contributed by atoms with Crippen molar-refractivity contribution in [1.29, 1.82) is 0 Å². The van der Waals surface area contributed by atoms with E-state index in [4.69, 9.17) is 21.1 Å². The van der Waals surface area contributed by atoms with E-state index in [2.05, 4.69) is 5.32 Å². The van der Waals surface area contributed by atoms with Crippen LogP contribution < -0.4 is 14.8 Å². The highest BCUT2D eigenvalue weighted by molar-refractivity contribution is 6.32. The van der Waals surface area contributed by atoms with Crippen LogP contribution in [0.4, 0.5) is 4.39 Å². The molecule has 0 bridgehead atoms. The van der Waals surface area contributed by atoms with Gasteiger partial charge in [-0.25, -0.2) is 4.39 Å². The minimum Gasteiger partial charge on any atom is -0.490 e. The maximum atomic E-state index is 12.8. The van der Waals surface area contributed by atoms with Crippen molar-refractivity contribution in [2.24, 2.45) is 0 Å². The van der Waals surface area contributed by atoms with Gasteiger partial charge in [0.1, 0.15) is 23.9 Å². The fourth-order valence-electron chi connectivity index (χ4n) is 1.81. The van der Waals surface area contributed by atoms with Gasteiger partial charge in [0, 0.05) is 0 Å². The van der Waals surface area contributed by atoms with Crippen LogP contribution in [-0.4, -0.2) is 25.2 Å². The molecule has 1 unspecified atom stereocenters. The number of amides is 1. The van der Waals surface area contributed by atoms with Gasteiger partial charge < -0.3 is 14.8 Å². The molecular formula is C17H17ClFNO3. The Morgan fingerprint density at radius 1 is 1.22 bits per heavy atom. The fourth-order valence-corrected chi connectivity index (χ4v) is 2.00. The number of ether oxygens (including phenoxy) is 2. The first-order valence-corrected chi connectivity index (χ1v) is 7.51. The molecule has 6 heteroatoms. The minimum atomic E-state index is -0.694. The van der Waals surface area contributed by atoms with Gasteiger partial charge in [-0.2, -0.15) is 0 Å². The van der Waals surface area contributed by atoms with Crippen molar-refractivity contribution in [2.75, 3.05) is 13.2 Å².